The van der Waals surface area contributed by atoms with Crippen LogP contribution in [0.15, 0.2) is 66.7 Å². The van der Waals surface area contributed by atoms with E-state index in [1.165, 1.54) is 0 Å². The summed E-state index contributed by atoms with van der Waals surface area (Å²) in [5.41, 5.74) is 4.62. The predicted octanol–water partition coefficient (Wildman–Crippen LogP) is 5.40. The second-order valence-corrected chi connectivity index (χ2v) is 6.56. The molecule has 0 aliphatic rings. The summed E-state index contributed by atoms with van der Waals surface area (Å²) in [4.78, 5) is 12.8. The topological polar surface area (TPSA) is 47.6 Å². The van der Waals surface area contributed by atoms with Gasteiger partial charge < -0.3 is 14.8 Å². The molecule has 1 N–H and O–H groups in total. The maximum absolute atomic E-state index is 12.8. The van der Waals surface area contributed by atoms with Gasteiger partial charge in [-0.15, -0.1) is 0 Å². The van der Waals surface area contributed by atoms with Crippen LogP contribution in [-0.2, 0) is 13.0 Å². The maximum atomic E-state index is 12.8. The van der Waals surface area contributed by atoms with E-state index in [-0.39, 0.29) is 5.91 Å². The molecule has 0 aromatic heterocycles. The van der Waals surface area contributed by atoms with Crippen molar-refractivity contribution in [1.29, 1.82) is 0 Å². The van der Waals surface area contributed by atoms with E-state index < -0.39 is 0 Å². The normalized spacial score (nSPS) is 10.4. The highest BCUT2D eigenvalue weighted by molar-refractivity contribution is 6.05. The molecule has 0 heterocycles. The largest absolute Gasteiger partial charge is 0.493 e. The number of hydrogen-bond donors (Lipinski definition) is 1. The molecule has 28 heavy (non-hydrogen) atoms. The Morgan fingerprint density at radius 3 is 2.46 bits per heavy atom. The molecule has 0 saturated carbocycles. The molecular formula is C24H25NO3. The first kappa shape index (κ1) is 19.5. The third-order valence-electron chi connectivity index (χ3n) is 4.64. The highest BCUT2D eigenvalue weighted by Crippen LogP contribution is 2.30. The van der Waals surface area contributed by atoms with Gasteiger partial charge in [-0.1, -0.05) is 55.5 Å². The number of aryl methyl sites for hydroxylation is 2. The highest BCUT2D eigenvalue weighted by Gasteiger charge is 2.14. The number of amides is 1. The van der Waals surface area contributed by atoms with Crippen LogP contribution in [0.4, 0.5) is 5.69 Å². The number of carbonyl (C=O) groups is 1. The van der Waals surface area contributed by atoms with Crippen LogP contribution < -0.4 is 14.8 Å². The van der Waals surface area contributed by atoms with E-state index in [0.29, 0.717) is 23.7 Å². The first-order valence-electron chi connectivity index (χ1n) is 9.37. The van der Waals surface area contributed by atoms with E-state index in [0.717, 1.165) is 28.8 Å². The van der Waals surface area contributed by atoms with Crippen LogP contribution in [0.3, 0.4) is 0 Å². The number of methoxy groups -OCH3 is 1. The Morgan fingerprint density at radius 2 is 1.75 bits per heavy atom. The predicted molar refractivity (Wildman–Crippen MR) is 112 cm³/mol. The average molecular weight is 375 g/mol. The number of hydrogen-bond acceptors (Lipinski definition) is 3. The van der Waals surface area contributed by atoms with Crippen molar-refractivity contribution in [3.05, 3.63) is 89.0 Å². The number of rotatable bonds is 7. The summed E-state index contributed by atoms with van der Waals surface area (Å²) < 4.78 is 11.3. The zero-order valence-corrected chi connectivity index (χ0v) is 16.5. The Bertz CT molecular complexity index is 951. The van der Waals surface area contributed by atoms with Gasteiger partial charge in [-0.2, -0.15) is 0 Å². The molecule has 0 aliphatic heterocycles. The van der Waals surface area contributed by atoms with Gasteiger partial charge in [0.2, 0.25) is 0 Å². The fourth-order valence-electron chi connectivity index (χ4n) is 3.05. The summed E-state index contributed by atoms with van der Waals surface area (Å²) in [6, 6.07) is 21.2. The van der Waals surface area contributed by atoms with E-state index >= 15 is 0 Å². The van der Waals surface area contributed by atoms with E-state index in [2.05, 4.69) is 12.2 Å². The van der Waals surface area contributed by atoms with Crippen LogP contribution in [-0.4, -0.2) is 13.0 Å². The summed E-state index contributed by atoms with van der Waals surface area (Å²) in [7, 11) is 1.57. The molecule has 0 saturated heterocycles. The number of carbonyl (C=O) groups excluding carboxylic acids is 1. The van der Waals surface area contributed by atoms with Crippen molar-refractivity contribution in [1.82, 2.24) is 0 Å². The van der Waals surface area contributed by atoms with Crippen molar-refractivity contribution < 1.29 is 14.3 Å². The van der Waals surface area contributed by atoms with Gasteiger partial charge in [-0.3, -0.25) is 4.79 Å². The second kappa shape index (κ2) is 9.09. The van der Waals surface area contributed by atoms with Gasteiger partial charge in [0.05, 0.1) is 7.11 Å². The second-order valence-electron chi connectivity index (χ2n) is 6.56. The molecule has 4 nitrogen and oxygen atoms in total. The minimum absolute atomic E-state index is 0.170. The number of ether oxygens (including phenoxy) is 2. The van der Waals surface area contributed by atoms with Crippen LogP contribution in [0.1, 0.15) is 34.0 Å². The Kier molecular flexibility index (Phi) is 6.33. The van der Waals surface area contributed by atoms with Crippen LogP contribution in [0.25, 0.3) is 0 Å². The Hall–Kier alpha value is -3.27. The Labute approximate surface area is 166 Å². The molecule has 0 spiro atoms. The van der Waals surface area contributed by atoms with Crippen LogP contribution >= 0.6 is 0 Å². The van der Waals surface area contributed by atoms with E-state index in [9.17, 15) is 4.79 Å². The molecule has 3 rings (SSSR count). The van der Waals surface area contributed by atoms with Gasteiger partial charge in [0.15, 0.2) is 11.5 Å². The van der Waals surface area contributed by atoms with Crippen molar-refractivity contribution in [2.45, 2.75) is 26.9 Å². The van der Waals surface area contributed by atoms with Gasteiger partial charge in [0.1, 0.15) is 6.61 Å². The molecule has 0 aliphatic carbocycles. The summed E-state index contributed by atoms with van der Waals surface area (Å²) in [5, 5.41) is 3.04. The smallest absolute Gasteiger partial charge is 0.255 e. The first-order valence-corrected chi connectivity index (χ1v) is 9.37. The molecule has 0 radical (unpaired) electrons. The van der Waals surface area contributed by atoms with Crippen molar-refractivity contribution in [3.63, 3.8) is 0 Å². The molecule has 0 atom stereocenters. The van der Waals surface area contributed by atoms with Crippen molar-refractivity contribution in [2.24, 2.45) is 0 Å². The van der Waals surface area contributed by atoms with Crippen molar-refractivity contribution in [3.8, 4) is 11.5 Å². The standard InChI is InChI=1S/C24H25NO3/c1-4-19-12-8-9-17(2)23(19)25-24(26)20-13-14-21(22(15-20)27-3)28-16-18-10-6-5-7-11-18/h5-15H,4,16H2,1-3H3,(H,25,26). The van der Waals surface area contributed by atoms with Crippen LogP contribution in [0.5, 0.6) is 11.5 Å². The van der Waals surface area contributed by atoms with E-state index in [1.54, 1.807) is 25.3 Å². The zero-order chi connectivity index (χ0) is 19.9. The average Bonchev–Trinajstić information content (AvgIpc) is 2.74. The van der Waals surface area contributed by atoms with Gasteiger partial charge in [-0.05, 0) is 48.2 Å². The third-order valence-corrected chi connectivity index (χ3v) is 4.64. The molecule has 144 valence electrons. The quantitative estimate of drug-likeness (QED) is 0.602. The fourth-order valence-corrected chi connectivity index (χ4v) is 3.05. The lowest BCUT2D eigenvalue weighted by Gasteiger charge is -2.15. The minimum atomic E-state index is -0.170. The molecule has 0 unspecified atom stereocenters. The number of benzene rings is 3. The molecule has 0 bridgehead atoms. The summed E-state index contributed by atoms with van der Waals surface area (Å²) >= 11 is 0. The highest BCUT2D eigenvalue weighted by atomic mass is 16.5. The maximum Gasteiger partial charge on any atom is 0.255 e. The number of para-hydroxylation sites is 1. The molecule has 4 heteroatoms. The molecular weight excluding hydrogens is 350 g/mol. The number of anilines is 1. The van der Waals surface area contributed by atoms with Crippen molar-refractivity contribution >= 4 is 11.6 Å². The monoisotopic (exact) mass is 375 g/mol. The van der Waals surface area contributed by atoms with Crippen molar-refractivity contribution in [2.75, 3.05) is 12.4 Å². The lowest BCUT2D eigenvalue weighted by atomic mass is 10.1. The van der Waals surface area contributed by atoms with E-state index in [4.69, 9.17) is 9.47 Å². The van der Waals surface area contributed by atoms with Gasteiger partial charge in [0, 0.05) is 11.3 Å². The summed E-state index contributed by atoms with van der Waals surface area (Å²) in [6.07, 6.45) is 0.854. The summed E-state index contributed by atoms with van der Waals surface area (Å²) in [6.45, 7) is 4.51. The van der Waals surface area contributed by atoms with Crippen LogP contribution in [0, 0.1) is 6.92 Å². The molecule has 3 aromatic rings. The molecule has 3 aromatic carbocycles. The Balaban J connectivity index is 1.77. The lowest BCUT2D eigenvalue weighted by molar-refractivity contribution is 0.102. The van der Waals surface area contributed by atoms with Gasteiger partial charge in [-0.25, -0.2) is 0 Å². The number of nitrogens with one attached hydrogen (secondary N) is 1. The summed E-state index contributed by atoms with van der Waals surface area (Å²) in [5.74, 6) is 0.967. The Morgan fingerprint density at radius 1 is 0.964 bits per heavy atom. The van der Waals surface area contributed by atoms with E-state index in [1.807, 2.05) is 55.5 Å². The molecule has 0 fully saturated rings. The molecule has 1 amide bonds. The van der Waals surface area contributed by atoms with Gasteiger partial charge >= 0.3 is 0 Å². The fraction of sp³-hybridized carbons (Fsp3) is 0.208. The lowest BCUT2D eigenvalue weighted by Crippen LogP contribution is -2.14. The van der Waals surface area contributed by atoms with Gasteiger partial charge in [0.25, 0.3) is 5.91 Å². The first-order chi connectivity index (χ1) is 13.6. The third kappa shape index (κ3) is 4.52. The zero-order valence-electron chi connectivity index (χ0n) is 16.5. The minimum Gasteiger partial charge on any atom is -0.493 e. The SMILES string of the molecule is CCc1cccc(C)c1NC(=O)c1ccc(OCc2ccccc2)c(OC)c1. The van der Waals surface area contributed by atoms with Crippen LogP contribution in [0.2, 0.25) is 0 Å².